The molecule has 0 spiro atoms. The Kier molecular flexibility index (Phi) is 5.33. The largest absolute Gasteiger partial charge is 0.478 e. The minimum atomic E-state index is -1.02. The van der Waals surface area contributed by atoms with Crippen molar-refractivity contribution in [1.29, 1.82) is 5.41 Å². The fraction of sp³-hybridized carbons (Fsp3) is 0.136. The van der Waals surface area contributed by atoms with Crippen LogP contribution in [-0.2, 0) is 4.79 Å². The smallest absolute Gasteiger partial charge is 0.335 e. The highest BCUT2D eigenvalue weighted by Crippen LogP contribution is 2.35. The number of aliphatic imine (C=N–C) groups is 1. The fourth-order valence-electron chi connectivity index (χ4n) is 3.27. The molecule has 2 aliphatic heterocycles. The normalized spacial score (nSPS) is 18.2. The van der Waals surface area contributed by atoms with Gasteiger partial charge in [-0.15, -0.1) is 0 Å². The van der Waals surface area contributed by atoms with Crippen LogP contribution in [0.15, 0.2) is 70.3 Å². The van der Waals surface area contributed by atoms with E-state index in [0.717, 1.165) is 17.0 Å². The number of nitrogens with zero attached hydrogens (tertiary/aromatic N) is 3. The summed E-state index contributed by atoms with van der Waals surface area (Å²) in [6.45, 7) is 2.07. The van der Waals surface area contributed by atoms with E-state index in [1.54, 1.807) is 12.1 Å². The molecule has 1 amide bonds. The molecule has 0 aromatic heterocycles. The summed E-state index contributed by atoms with van der Waals surface area (Å²) in [5, 5.41) is 24.7. The van der Waals surface area contributed by atoms with Crippen molar-refractivity contribution < 1.29 is 14.7 Å². The van der Waals surface area contributed by atoms with Crippen LogP contribution in [0.1, 0.15) is 40.7 Å². The summed E-state index contributed by atoms with van der Waals surface area (Å²) in [6.07, 6.45) is 2.36. The van der Waals surface area contributed by atoms with E-state index >= 15 is 0 Å². The van der Waals surface area contributed by atoms with Crippen molar-refractivity contribution in [2.75, 3.05) is 0 Å². The number of aromatic carboxylic acids is 1. The highest BCUT2D eigenvalue weighted by atomic mass is 32.2. The zero-order valence-electron chi connectivity index (χ0n) is 16.1. The van der Waals surface area contributed by atoms with E-state index in [4.69, 9.17) is 10.5 Å². The van der Waals surface area contributed by atoms with Crippen LogP contribution >= 0.6 is 11.8 Å². The van der Waals surface area contributed by atoms with E-state index < -0.39 is 11.9 Å². The predicted molar refractivity (Wildman–Crippen MR) is 118 cm³/mol. The van der Waals surface area contributed by atoms with Gasteiger partial charge in [0, 0.05) is 5.92 Å². The van der Waals surface area contributed by atoms with Gasteiger partial charge in [-0.3, -0.25) is 10.2 Å². The number of thioether (sulfide) groups is 1. The first-order valence-electron chi connectivity index (χ1n) is 9.36. The molecule has 2 heterocycles. The molecule has 0 bridgehead atoms. The first kappa shape index (κ1) is 19.8. The Morgan fingerprint density at radius 1 is 1.20 bits per heavy atom. The lowest BCUT2D eigenvalue weighted by Gasteiger charge is -2.20. The maximum absolute atomic E-state index is 12.6. The Labute approximate surface area is 177 Å². The number of carbonyl (C=O) groups is 2. The van der Waals surface area contributed by atoms with Gasteiger partial charge >= 0.3 is 5.97 Å². The average Bonchev–Trinajstić information content (AvgIpc) is 3.16. The average molecular weight is 418 g/mol. The summed E-state index contributed by atoms with van der Waals surface area (Å²) in [7, 11) is 0. The lowest BCUT2D eigenvalue weighted by atomic mass is 9.98. The number of amides is 1. The number of amidine groups is 2. The summed E-state index contributed by atoms with van der Waals surface area (Å²) >= 11 is 1.31. The molecule has 0 aliphatic carbocycles. The maximum Gasteiger partial charge on any atom is 0.335 e. The first-order chi connectivity index (χ1) is 14.5. The molecule has 1 atom stereocenters. The van der Waals surface area contributed by atoms with Gasteiger partial charge in [0.15, 0.2) is 5.84 Å². The van der Waals surface area contributed by atoms with Gasteiger partial charge in [-0.2, -0.15) is 15.1 Å². The molecule has 1 unspecified atom stereocenters. The molecule has 7 nitrogen and oxygen atoms in total. The monoisotopic (exact) mass is 418 g/mol. The van der Waals surface area contributed by atoms with Gasteiger partial charge in [0.1, 0.15) is 5.04 Å². The minimum absolute atomic E-state index is 0.0438. The van der Waals surface area contributed by atoms with Crippen LogP contribution in [0, 0.1) is 5.41 Å². The number of carbonyl (C=O) groups excluding carboxylic acids is 1. The van der Waals surface area contributed by atoms with E-state index in [-0.39, 0.29) is 22.9 Å². The Morgan fingerprint density at radius 2 is 1.90 bits per heavy atom. The van der Waals surface area contributed by atoms with Crippen LogP contribution in [0.5, 0.6) is 0 Å². The summed E-state index contributed by atoms with van der Waals surface area (Å²) in [4.78, 5) is 27.7. The zero-order chi connectivity index (χ0) is 21.3. The van der Waals surface area contributed by atoms with Gasteiger partial charge in [-0.1, -0.05) is 49.4 Å². The molecule has 0 saturated heterocycles. The fourth-order valence-corrected chi connectivity index (χ4v) is 4.38. The lowest BCUT2D eigenvalue weighted by molar-refractivity contribution is -0.114. The number of hydrogen-bond acceptors (Lipinski definition) is 5. The van der Waals surface area contributed by atoms with E-state index in [0.29, 0.717) is 10.7 Å². The van der Waals surface area contributed by atoms with Gasteiger partial charge in [-0.05, 0) is 47.5 Å². The topological polar surface area (TPSA) is 106 Å². The van der Waals surface area contributed by atoms with Crippen LogP contribution in [0.3, 0.4) is 0 Å². The van der Waals surface area contributed by atoms with Crippen LogP contribution in [-0.4, -0.2) is 38.0 Å². The molecular weight excluding hydrogens is 400 g/mol. The van der Waals surface area contributed by atoms with Gasteiger partial charge < -0.3 is 5.11 Å². The molecule has 2 aromatic rings. The minimum Gasteiger partial charge on any atom is -0.478 e. The number of benzene rings is 2. The van der Waals surface area contributed by atoms with Gasteiger partial charge in [-0.25, -0.2) is 4.79 Å². The van der Waals surface area contributed by atoms with Crippen molar-refractivity contribution in [3.05, 3.63) is 76.9 Å². The van der Waals surface area contributed by atoms with Crippen molar-refractivity contribution in [1.82, 2.24) is 5.01 Å². The predicted octanol–water partition coefficient (Wildman–Crippen LogP) is 4.20. The Bertz CT molecular complexity index is 1120. The van der Waals surface area contributed by atoms with E-state index in [9.17, 15) is 9.59 Å². The first-order valence-corrected chi connectivity index (χ1v) is 10.2. The van der Waals surface area contributed by atoms with Crippen LogP contribution in [0.25, 0.3) is 6.08 Å². The molecule has 2 N–H and O–H groups in total. The van der Waals surface area contributed by atoms with Crippen molar-refractivity contribution in [3.8, 4) is 0 Å². The maximum atomic E-state index is 12.6. The summed E-state index contributed by atoms with van der Waals surface area (Å²) in [5.74, 6) is -1.52. The van der Waals surface area contributed by atoms with Crippen LogP contribution in [0.4, 0.5) is 0 Å². The second-order valence-electron chi connectivity index (χ2n) is 6.76. The zero-order valence-corrected chi connectivity index (χ0v) is 16.9. The summed E-state index contributed by atoms with van der Waals surface area (Å²) in [6, 6.07) is 16.1. The third kappa shape index (κ3) is 3.69. The van der Waals surface area contributed by atoms with E-state index in [2.05, 4.69) is 17.0 Å². The summed E-state index contributed by atoms with van der Waals surface area (Å²) < 4.78 is 0. The Morgan fingerprint density at radius 3 is 2.53 bits per heavy atom. The lowest BCUT2D eigenvalue weighted by Crippen LogP contribution is -2.35. The molecular formula is C22H18N4O3S. The number of nitrogens with one attached hydrogen (secondary N) is 1. The third-order valence-electron chi connectivity index (χ3n) is 4.85. The highest BCUT2D eigenvalue weighted by Gasteiger charge is 2.37. The molecule has 150 valence electrons. The van der Waals surface area contributed by atoms with Crippen molar-refractivity contribution in [2.45, 2.75) is 19.3 Å². The Balaban J connectivity index is 1.63. The SMILES string of the molecule is CCC(C1=NN2C(=N)/C(=C\c3ccc(C(=O)O)cc3)C(=O)N=C2S1)c1ccccc1. The van der Waals surface area contributed by atoms with Gasteiger partial charge in [0.2, 0.25) is 5.17 Å². The molecule has 2 aromatic carbocycles. The number of hydrogen-bond donors (Lipinski definition) is 2. The summed E-state index contributed by atoms with van der Waals surface area (Å²) in [5.41, 5.74) is 2.00. The second kappa shape index (κ2) is 8.08. The Hall–Kier alpha value is -3.52. The van der Waals surface area contributed by atoms with Gasteiger partial charge in [0.25, 0.3) is 5.91 Å². The number of fused-ring (bicyclic) bond motifs is 1. The molecule has 30 heavy (non-hydrogen) atoms. The highest BCUT2D eigenvalue weighted by molar-refractivity contribution is 8.27. The number of carboxylic acid groups (broad SMARTS) is 1. The number of rotatable bonds is 5. The van der Waals surface area contributed by atoms with Crippen LogP contribution in [0.2, 0.25) is 0 Å². The molecule has 0 saturated carbocycles. The van der Waals surface area contributed by atoms with E-state index in [1.807, 2.05) is 30.3 Å². The standard InChI is InChI=1S/C22H18N4O3S/c1-2-16(14-6-4-3-5-7-14)20-25-26-18(23)17(19(27)24-22(26)30-20)12-13-8-10-15(11-9-13)21(28)29/h3-12,16,23H,2H2,1H3,(H,28,29)/b17-12+,23-18?. The van der Waals surface area contributed by atoms with Gasteiger partial charge in [0.05, 0.1) is 11.1 Å². The third-order valence-corrected chi connectivity index (χ3v) is 5.87. The molecule has 2 aliphatic rings. The van der Waals surface area contributed by atoms with Crippen LogP contribution < -0.4 is 0 Å². The molecule has 8 heteroatoms. The van der Waals surface area contributed by atoms with Crippen molar-refractivity contribution >= 4 is 45.8 Å². The molecule has 4 rings (SSSR count). The number of hydrazone groups is 1. The van der Waals surface area contributed by atoms with E-state index in [1.165, 1.54) is 35.0 Å². The quantitative estimate of drug-likeness (QED) is 0.708. The van der Waals surface area contributed by atoms with Crippen molar-refractivity contribution in [3.63, 3.8) is 0 Å². The van der Waals surface area contributed by atoms with Crippen molar-refractivity contribution in [2.24, 2.45) is 10.1 Å². The number of carboxylic acids is 1. The second-order valence-corrected chi connectivity index (χ2v) is 7.74. The molecule has 0 radical (unpaired) electrons. The molecule has 0 fully saturated rings.